The number of nitrogens with zero attached hydrogens (tertiary/aromatic N) is 2. The monoisotopic (exact) mass is 382 g/mol. The second-order valence-electron chi connectivity index (χ2n) is 7.78. The van der Waals surface area contributed by atoms with Gasteiger partial charge in [0, 0.05) is 37.9 Å². The SMILES string of the molecule is Cc1ccc(C)c(N2CCN(C(=O)C3CC(c4ccc(F)cc4)NN3)CC2)c1. The number of hydrazine groups is 1. The molecule has 5 nitrogen and oxygen atoms in total. The maximum absolute atomic E-state index is 13.1. The Morgan fingerprint density at radius 1 is 1.00 bits per heavy atom. The summed E-state index contributed by atoms with van der Waals surface area (Å²) < 4.78 is 13.1. The summed E-state index contributed by atoms with van der Waals surface area (Å²) in [5.74, 6) is -0.109. The van der Waals surface area contributed by atoms with Crippen LogP contribution in [-0.2, 0) is 4.79 Å². The summed E-state index contributed by atoms with van der Waals surface area (Å²) in [5.41, 5.74) is 11.1. The van der Waals surface area contributed by atoms with E-state index in [1.54, 1.807) is 12.1 Å². The van der Waals surface area contributed by atoms with E-state index in [-0.39, 0.29) is 23.8 Å². The summed E-state index contributed by atoms with van der Waals surface area (Å²) in [4.78, 5) is 17.3. The number of amides is 1. The second-order valence-corrected chi connectivity index (χ2v) is 7.78. The van der Waals surface area contributed by atoms with Gasteiger partial charge in [-0.05, 0) is 55.2 Å². The molecule has 2 aliphatic rings. The van der Waals surface area contributed by atoms with E-state index < -0.39 is 0 Å². The van der Waals surface area contributed by atoms with Gasteiger partial charge in [-0.25, -0.2) is 15.2 Å². The lowest BCUT2D eigenvalue weighted by molar-refractivity contribution is -0.133. The molecule has 2 heterocycles. The number of anilines is 1. The number of aryl methyl sites for hydroxylation is 2. The van der Waals surface area contributed by atoms with E-state index in [0.717, 1.165) is 31.7 Å². The van der Waals surface area contributed by atoms with Crippen molar-refractivity contribution in [3.63, 3.8) is 0 Å². The van der Waals surface area contributed by atoms with Crippen LogP contribution < -0.4 is 15.8 Å². The van der Waals surface area contributed by atoms with Crippen molar-refractivity contribution < 1.29 is 9.18 Å². The minimum absolute atomic E-state index is 0.0192. The van der Waals surface area contributed by atoms with Crippen LogP contribution in [-0.4, -0.2) is 43.0 Å². The molecule has 0 aromatic heterocycles. The zero-order valence-corrected chi connectivity index (χ0v) is 16.4. The molecular formula is C22H27FN4O. The fourth-order valence-corrected chi connectivity index (χ4v) is 4.08. The molecule has 0 radical (unpaired) electrons. The van der Waals surface area contributed by atoms with Gasteiger partial charge in [0.1, 0.15) is 11.9 Å². The van der Waals surface area contributed by atoms with E-state index >= 15 is 0 Å². The number of nitrogens with one attached hydrogen (secondary N) is 2. The smallest absolute Gasteiger partial charge is 0.241 e. The predicted molar refractivity (Wildman–Crippen MR) is 109 cm³/mol. The van der Waals surface area contributed by atoms with E-state index in [1.807, 2.05) is 4.90 Å². The standard InChI is InChI=1S/C22H27FN4O/c1-15-3-4-16(2)21(13-15)26-9-11-27(12-10-26)22(28)20-14-19(24-25-20)17-5-7-18(23)8-6-17/h3-8,13,19-20,24-25H,9-12,14H2,1-2H3. The van der Waals surface area contributed by atoms with Crippen LogP contribution >= 0.6 is 0 Å². The highest BCUT2D eigenvalue weighted by Crippen LogP contribution is 2.25. The van der Waals surface area contributed by atoms with Crippen molar-refractivity contribution in [2.75, 3.05) is 31.1 Å². The molecule has 2 atom stereocenters. The lowest BCUT2D eigenvalue weighted by atomic mass is 10.0. The Bertz CT molecular complexity index is 846. The Hall–Kier alpha value is -2.44. The Kier molecular flexibility index (Phi) is 5.33. The number of hydrogen-bond acceptors (Lipinski definition) is 4. The zero-order valence-electron chi connectivity index (χ0n) is 16.4. The van der Waals surface area contributed by atoms with Crippen molar-refractivity contribution in [3.05, 3.63) is 65.0 Å². The fraction of sp³-hybridized carbons (Fsp3) is 0.409. The van der Waals surface area contributed by atoms with Crippen molar-refractivity contribution in [1.82, 2.24) is 15.8 Å². The number of carbonyl (C=O) groups is 1. The van der Waals surface area contributed by atoms with Gasteiger partial charge < -0.3 is 9.80 Å². The number of hydrogen-bond donors (Lipinski definition) is 2. The number of rotatable bonds is 3. The summed E-state index contributed by atoms with van der Waals surface area (Å²) >= 11 is 0. The number of halogens is 1. The summed E-state index contributed by atoms with van der Waals surface area (Å²) in [6, 6.07) is 12.7. The lowest BCUT2D eigenvalue weighted by Crippen LogP contribution is -2.53. The molecule has 2 fully saturated rings. The van der Waals surface area contributed by atoms with Gasteiger partial charge in [-0.2, -0.15) is 0 Å². The number of benzene rings is 2. The molecule has 0 aliphatic carbocycles. The molecule has 2 N–H and O–H groups in total. The first kappa shape index (κ1) is 18.9. The van der Waals surface area contributed by atoms with Gasteiger partial charge in [-0.1, -0.05) is 24.3 Å². The molecule has 0 spiro atoms. The molecule has 2 aromatic carbocycles. The number of carbonyl (C=O) groups excluding carboxylic acids is 1. The Morgan fingerprint density at radius 2 is 1.71 bits per heavy atom. The minimum Gasteiger partial charge on any atom is -0.368 e. The first-order chi connectivity index (χ1) is 13.5. The molecule has 0 bridgehead atoms. The quantitative estimate of drug-likeness (QED) is 0.857. The Labute approximate surface area is 165 Å². The molecule has 148 valence electrons. The number of piperazine rings is 1. The van der Waals surface area contributed by atoms with Crippen LogP contribution in [0.15, 0.2) is 42.5 Å². The van der Waals surface area contributed by atoms with Gasteiger partial charge in [0.25, 0.3) is 0 Å². The van der Waals surface area contributed by atoms with Gasteiger partial charge in [0.05, 0.1) is 0 Å². The highest BCUT2D eigenvalue weighted by atomic mass is 19.1. The van der Waals surface area contributed by atoms with Crippen LogP contribution in [0.4, 0.5) is 10.1 Å². The van der Waals surface area contributed by atoms with Crippen molar-refractivity contribution in [3.8, 4) is 0 Å². The van der Waals surface area contributed by atoms with E-state index in [9.17, 15) is 9.18 Å². The highest BCUT2D eigenvalue weighted by molar-refractivity contribution is 5.82. The van der Waals surface area contributed by atoms with Gasteiger partial charge >= 0.3 is 0 Å². The molecule has 2 saturated heterocycles. The van der Waals surface area contributed by atoms with Crippen LogP contribution in [0.2, 0.25) is 0 Å². The van der Waals surface area contributed by atoms with Crippen molar-refractivity contribution in [1.29, 1.82) is 0 Å². The van der Waals surface area contributed by atoms with E-state index in [2.05, 4.69) is 47.8 Å². The van der Waals surface area contributed by atoms with Gasteiger partial charge in [-0.3, -0.25) is 4.79 Å². The largest absolute Gasteiger partial charge is 0.368 e. The topological polar surface area (TPSA) is 47.6 Å². The lowest BCUT2D eigenvalue weighted by Gasteiger charge is -2.37. The second kappa shape index (κ2) is 7.89. The van der Waals surface area contributed by atoms with Gasteiger partial charge in [0.15, 0.2) is 0 Å². The fourth-order valence-electron chi connectivity index (χ4n) is 4.08. The van der Waals surface area contributed by atoms with Crippen molar-refractivity contribution >= 4 is 11.6 Å². The molecule has 2 aliphatic heterocycles. The van der Waals surface area contributed by atoms with E-state index in [4.69, 9.17) is 0 Å². The maximum atomic E-state index is 13.1. The van der Waals surface area contributed by atoms with Crippen LogP contribution in [0, 0.1) is 19.7 Å². The average molecular weight is 382 g/mol. The summed E-state index contributed by atoms with van der Waals surface area (Å²) in [7, 11) is 0. The third kappa shape index (κ3) is 3.88. The highest BCUT2D eigenvalue weighted by Gasteiger charge is 2.34. The molecule has 28 heavy (non-hydrogen) atoms. The molecule has 6 heteroatoms. The van der Waals surface area contributed by atoms with Crippen LogP contribution in [0.25, 0.3) is 0 Å². The first-order valence-corrected chi connectivity index (χ1v) is 9.89. The summed E-state index contributed by atoms with van der Waals surface area (Å²) in [5, 5.41) is 0. The summed E-state index contributed by atoms with van der Waals surface area (Å²) in [6.07, 6.45) is 0.668. The molecule has 2 aromatic rings. The molecule has 2 unspecified atom stereocenters. The predicted octanol–water partition coefficient (Wildman–Crippen LogP) is 2.70. The van der Waals surface area contributed by atoms with Crippen molar-refractivity contribution in [2.24, 2.45) is 0 Å². The molecular weight excluding hydrogens is 355 g/mol. The van der Waals surface area contributed by atoms with Gasteiger partial charge in [0.2, 0.25) is 5.91 Å². The third-order valence-electron chi connectivity index (χ3n) is 5.77. The molecule has 1 amide bonds. The van der Waals surface area contributed by atoms with Crippen LogP contribution in [0.3, 0.4) is 0 Å². The zero-order chi connectivity index (χ0) is 19.7. The van der Waals surface area contributed by atoms with E-state index in [0.29, 0.717) is 6.42 Å². The molecule has 4 rings (SSSR count). The Morgan fingerprint density at radius 3 is 2.43 bits per heavy atom. The third-order valence-corrected chi connectivity index (χ3v) is 5.77. The summed E-state index contributed by atoms with van der Waals surface area (Å²) in [6.45, 7) is 7.39. The van der Waals surface area contributed by atoms with E-state index in [1.165, 1.54) is 28.9 Å². The van der Waals surface area contributed by atoms with Gasteiger partial charge in [-0.15, -0.1) is 0 Å². The maximum Gasteiger partial charge on any atom is 0.241 e. The van der Waals surface area contributed by atoms with Crippen LogP contribution in [0.1, 0.15) is 29.2 Å². The normalized spacial score (nSPS) is 22.5. The minimum atomic E-state index is -0.248. The van der Waals surface area contributed by atoms with Crippen molar-refractivity contribution in [2.45, 2.75) is 32.4 Å². The average Bonchev–Trinajstić information content (AvgIpc) is 3.20. The first-order valence-electron chi connectivity index (χ1n) is 9.89. The Balaban J connectivity index is 1.34. The van der Waals surface area contributed by atoms with Crippen LogP contribution in [0.5, 0.6) is 0 Å². The molecule has 0 saturated carbocycles.